The summed E-state index contributed by atoms with van der Waals surface area (Å²) in [6, 6.07) is 4.25. The Bertz CT molecular complexity index is 697. The molecule has 0 fully saturated rings. The van der Waals surface area contributed by atoms with Gasteiger partial charge >= 0.3 is 0 Å². The van der Waals surface area contributed by atoms with Gasteiger partial charge in [0.15, 0.2) is 0 Å². The maximum Gasteiger partial charge on any atom is 0.252 e. The van der Waals surface area contributed by atoms with Gasteiger partial charge in [0.05, 0.1) is 17.9 Å². The summed E-state index contributed by atoms with van der Waals surface area (Å²) < 4.78 is 0. The normalized spacial score (nSPS) is 14.4. The quantitative estimate of drug-likeness (QED) is 0.840. The van der Waals surface area contributed by atoms with E-state index in [0.717, 1.165) is 43.7 Å². The molecule has 1 amide bonds. The highest BCUT2D eigenvalue weighted by Gasteiger charge is 2.23. The van der Waals surface area contributed by atoms with E-state index in [1.807, 2.05) is 11.6 Å². The summed E-state index contributed by atoms with van der Waals surface area (Å²) in [6.07, 6.45) is 3.85. The Morgan fingerprint density at radius 3 is 3.04 bits per heavy atom. The number of carbonyl (C=O) groups excluding carboxylic acids is 1. The van der Waals surface area contributed by atoms with Crippen LogP contribution in [0.1, 0.15) is 39.0 Å². The van der Waals surface area contributed by atoms with E-state index in [9.17, 15) is 4.79 Å². The minimum Gasteiger partial charge on any atom is -0.395 e. The molecule has 1 aliphatic heterocycles. The van der Waals surface area contributed by atoms with Gasteiger partial charge in [-0.25, -0.2) is 0 Å². The summed E-state index contributed by atoms with van der Waals surface area (Å²) in [4.78, 5) is 20.3. The average Bonchev–Trinajstić information content (AvgIpc) is 3.03. The molecule has 5 nitrogen and oxygen atoms in total. The van der Waals surface area contributed by atoms with E-state index in [2.05, 4.69) is 34.3 Å². The van der Waals surface area contributed by atoms with Crippen molar-refractivity contribution in [1.29, 1.82) is 0 Å². The molecular formula is C18H23N3O2S. The summed E-state index contributed by atoms with van der Waals surface area (Å²) in [6.45, 7) is 5.04. The zero-order valence-corrected chi connectivity index (χ0v) is 14.7. The fourth-order valence-corrected chi connectivity index (χ4v) is 4.08. The van der Waals surface area contributed by atoms with Crippen molar-refractivity contribution in [3.8, 4) is 0 Å². The minimum atomic E-state index is -0.0770. The molecule has 0 saturated heterocycles. The molecule has 0 aromatic carbocycles. The Morgan fingerprint density at radius 2 is 2.33 bits per heavy atom. The van der Waals surface area contributed by atoms with Gasteiger partial charge in [-0.3, -0.25) is 14.7 Å². The van der Waals surface area contributed by atoms with Gasteiger partial charge in [-0.2, -0.15) is 0 Å². The van der Waals surface area contributed by atoms with Gasteiger partial charge < -0.3 is 10.4 Å². The number of aliphatic hydroxyl groups excluding tert-OH is 1. The third-order valence-electron chi connectivity index (χ3n) is 4.35. The molecule has 0 radical (unpaired) electrons. The predicted octanol–water partition coefficient (Wildman–Crippen LogP) is 1.99. The Labute approximate surface area is 146 Å². The van der Waals surface area contributed by atoms with E-state index in [1.54, 1.807) is 11.3 Å². The van der Waals surface area contributed by atoms with Gasteiger partial charge in [0.25, 0.3) is 5.91 Å². The zero-order valence-electron chi connectivity index (χ0n) is 13.9. The Kier molecular flexibility index (Phi) is 5.60. The van der Waals surface area contributed by atoms with Crippen LogP contribution in [0.25, 0.3) is 0 Å². The first-order chi connectivity index (χ1) is 11.7. The first-order valence-corrected chi connectivity index (χ1v) is 9.23. The molecule has 2 aromatic rings. The monoisotopic (exact) mass is 345 g/mol. The maximum absolute atomic E-state index is 12.1. The lowest BCUT2D eigenvalue weighted by Gasteiger charge is -2.26. The number of carbonyl (C=O) groups is 1. The van der Waals surface area contributed by atoms with E-state index in [-0.39, 0.29) is 12.5 Å². The van der Waals surface area contributed by atoms with Crippen LogP contribution in [-0.4, -0.2) is 40.6 Å². The number of hydrogen-bond donors (Lipinski definition) is 2. The van der Waals surface area contributed by atoms with Crippen molar-refractivity contribution < 1.29 is 9.90 Å². The van der Waals surface area contributed by atoms with Crippen molar-refractivity contribution in [2.24, 2.45) is 0 Å². The summed E-state index contributed by atoms with van der Waals surface area (Å²) in [5, 5.41) is 13.5. The molecule has 2 aromatic heterocycles. The predicted molar refractivity (Wildman–Crippen MR) is 95.2 cm³/mol. The number of thiophene rings is 1. The highest BCUT2D eigenvalue weighted by atomic mass is 32.1. The van der Waals surface area contributed by atoms with Gasteiger partial charge in [-0.15, -0.1) is 11.3 Å². The van der Waals surface area contributed by atoms with Crippen LogP contribution in [-0.2, 0) is 25.9 Å². The number of fused-ring (bicyclic) bond motifs is 1. The lowest BCUT2D eigenvalue weighted by atomic mass is 10.0. The van der Waals surface area contributed by atoms with Crippen molar-refractivity contribution in [3.63, 3.8) is 0 Å². The number of rotatable bonds is 6. The van der Waals surface area contributed by atoms with Crippen LogP contribution in [0.4, 0.5) is 0 Å². The third-order valence-corrected chi connectivity index (χ3v) is 5.36. The Balaban J connectivity index is 1.64. The van der Waals surface area contributed by atoms with Crippen molar-refractivity contribution in [2.75, 3.05) is 19.7 Å². The topological polar surface area (TPSA) is 65.5 Å². The van der Waals surface area contributed by atoms with Gasteiger partial charge in [-0.05, 0) is 30.0 Å². The molecule has 0 spiro atoms. The number of aryl methyl sites for hydroxylation is 1. The van der Waals surface area contributed by atoms with E-state index in [1.165, 1.54) is 16.0 Å². The smallest absolute Gasteiger partial charge is 0.252 e. The van der Waals surface area contributed by atoms with Crippen LogP contribution in [0, 0.1) is 0 Å². The van der Waals surface area contributed by atoms with Crippen molar-refractivity contribution in [2.45, 2.75) is 32.9 Å². The van der Waals surface area contributed by atoms with Crippen LogP contribution >= 0.6 is 11.3 Å². The summed E-state index contributed by atoms with van der Waals surface area (Å²) in [7, 11) is 0. The molecule has 0 bridgehead atoms. The number of nitrogens with one attached hydrogen (secondary N) is 1. The van der Waals surface area contributed by atoms with Crippen LogP contribution in [0.15, 0.2) is 23.7 Å². The van der Waals surface area contributed by atoms with E-state index >= 15 is 0 Å². The lowest BCUT2D eigenvalue weighted by molar-refractivity contribution is 0.0943. The molecule has 0 atom stereocenters. The highest BCUT2D eigenvalue weighted by Crippen LogP contribution is 2.29. The maximum atomic E-state index is 12.1. The summed E-state index contributed by atoms with van der Waals surface area (Å²) >= 11 is 1.65. The van der Waals surface area contributed by atoms with Crippen LogP contribution in [0.5, 0.6) is 0 Å². The van der Waals surface area contributed by atoms with Crippen molar-refractivity contribution >= 4 is 17.2 Å². The van der Waals surface area contributed by atoms with Crippen LogP contribution in [0.2, 0.25) is 0 Å². The third kappa shape index (κ3) is 3.83. The average molecular weight is 345 g/mol. The molecule has 3 rings (SSSR count). The first kappa shape index (κ1) is 17.1. The van der Waals surface area contributed by atoms with E-state index < -0.39 is 0 Å². The fraction of sp³-hybridized carbons (Fsp3) is 0.444. The van der Waals surface area contributed by atoms with E-state index in [0.29, 0.717) is 6.54 Å². The van der Waals surface area contributed by atoms with Crippen molar-refractivity contribution in [1.82, 2.24) is 15.2 Å². The fourth-order valence-electron chi connectivity index (χ4n) is 2.96. The number of pyridine rings is 1. The number of nitrogens with zero attached hydrogens (tertiary/aromatic N) is 2. The number of amides is 1. The Morgan fingerprint density at radius 1 is 1.46 bits per heavy atom. The largest absolute Gasteiger partial charge is 0.395 e. The zero-order chi connectivity index (χ0) is 16.9. The molecule has 24 heavy (non-hydrogen) atoms. The second kappa shape index (κ2) is 7.88. The molecule has 128 valence electrons. The number of aromatic nitrogens is 1. The molecule has 0 saturated carbocycles. The molecule has 0 aliphatic carbocycles. The second-order valence-corrected chi connectivity index (χ2v) is 6.97. The number of hydrogen-bond acceptors (Lipinski definition) is 5. The first-order valence-electron chi connectivity index (χ1n) is 8.35. The molecule has 0 unspecified atom stereocenters. The van der Waals surface area contributed by atoms with E-state index in [4.69, 9.17) is 5.11 Å². The molecule has 1 aliphatic rings. The minimum absolute atomic E-state index is 0.0321. The molecule has 2 N–H and O–H groups in total. The molecule has 3 heterocycles. The lowest BCUT2D eigenvalue weighted by Crippen LogP contribution is -2.32. The van der Waals surface area contributed by atoms with Crippen LogP contribution < -0.4 is 5.32 Å². The highest BCUT2D eigenvalue weighted by molar-refractivity contribution is 7.10. The standard InChI is InChI=1S/C18H23N3O2S/c1-2-13-3-4-14(20-9-13)10-21-7-5-15-16(12-24-17(15)11-21)18(23)19-6-8-22/h3-4,9,12,22H,2,5-8,10-11H2,1H3,(H,19,23). The number of aliphatic hydroxyl groups is 1. The summed E-state index contributed by atoms with van der Waals surface area (Å²) in [5.41, 5.74) is 4.29. The van der Waals surface area contributed by atoms with Crippen LogP contribution in [0.3, 0.4) is 0 Å². The van der Waals surface area contributed by atoms with Gasteiger partial charge in [0.1, 0.15) is 0 Å². The van der Waals surface area contributed by atoms with Crippen molar-refractivity contribution in [3.05, 3.63) is 51.0 Å². The summed E-state index contributed by atoms with van der Waals surface area (Å²) in [5.74, 6) is -0.0770. The SMILES string of the molecule is CCc1ccc(CN2CCc3c(C(=O)NCCO)csc3C2)nc1. The molecular weight excluding hydrogens is 322 g/mol. The van der Waals surface area contributed by atoms with Gasteiger partial charge in [0, 0.05) is 42.6 Å². The molecule has 6 heteroatoms. The van der Waals surface area contributed by atoms with Gasteiger partial charge in [0.2, 0.25) is 0 Å². The van der Waals surface area contributed by atoms with Gasteiger partial charge in [-0.1, -0.05) is 13.0 Å². The Hall–Kier alpha value is -1.76. The second-order valence-electron chi connectivity index (χ2n) is 6.00.